The topological polar surface area (TPSA) is 14.1 Å². The molecule has 48 valence electrons. The summed E-state index contributed by atoms with van der Waals surface area (Å²) in [6.45, 7) is 2.25. The zero-order chi connectivity index (χ0) is 4.24. The molecule has 0 aromatic rings. The summed E-state index contributed by atoms with van der Waals surface area (Å²) in [5.74, 6) is 0. The van der Waals surface area contributed by atoms with Crippen LogP contribution in [-0.2, 0) is 21.1 Å². The fourth-order valence-corrected chi connectivity index (χ4v) is 0.736. The van der Waals surface area contributed by atoms with Crippen LogP contribution in [0.1, 0.15) is 19.3 Å². The van der Waals surface area contributed by atoms with Crippen molar-refractivity contribution in [3.8, 4) is 0 Å². The Morgan fingerprint density at radius 1 is 0.875 bits per heavy atom. The van der Waals surface area contributed by atoms with E-state index in [0.29, 0.717) is 0 Å². The van der Waals surface area contributed by atoms with Crippen LogP contribution in [0.3, 0.4) is 0 Å². The Hall–Kier alpha value is 0.648. The second-order valence-electron chi connectivity index (χ2n) is 1.73. The number of nitrogens with zero attached hydrogens (tertiary/aromatic N) is 1. The molecule has 0 aliphatic carbocycles. The second-order valence-corrected chi connectivity index (χ2v) is 1.73. The van der Waals surface area contributed by atoms with Crippen LogP contribution in [0.4, 0.5) is 0 Å². The Kier molecular flexibility index (Phi) is 10.9. The summed E-state index contributed by atoms with van der Waals surface area (Å²) >= 11 is 0. The van der Waals surface area contributed by atoms with Crippen LogP contribution in [0, 0.1) is 7.43 Å². The first-order valence-electron chi connectivity index (χ1n) is 2.63. The van der Waals surface area contributed by atoms with E-state index < -0.39 is 0 Å². The van der Waals surface area contributed by atoms with Gasteiger partial charge in [-0.25, -0.2) is 0 Å². The summed E-state index contributed by atoms with van der Waals surface area (Å²) in [4.78, 5) is 0. The van der Waals surface area contributed by atoms with Crippen molar-refractivity contribution in [1.82, 2.24) is 0 Å². The predicted octanol–water partition coefficient (Wildman–Crippen LogP) is 1.99. The molecule has 0 unspecified atom stereocenters. The molecule has 1 heterocycles. The van der Waals surface area contributed by atoms with E-state index in [1.54, 1.807) is 0 Å². The van der Waals surface area contributed by atoms with Crippen molar-refractivity contribution in [2.75, 3.05) is 13.1 Å². The maximum Gasteiger partial charge on any atom is 2.00 e. The molecule has 1 aliphatic heterocycles. The Morgan fingerprint density at radius 2 is 1.38 bits per heavy atom. The van der Waals surface area contributed by atoms with Crippen LogP contribution in [0.5, 0.6) is 0 Å². The van der Waals surface area contributed by atoms with Gasteiger partial charge in [-0.1, -0.05) is 19.3 Å². The van der Waals surface area contributed by atoms with Gasteiger partial charge >= 0.3 is 21.1 Å². The van der Waals surface area contributed by atoms with E-state index in [1.807, 2.05) is 0 Å². The van der Waals surface area contributed by atoms with Gasteiger partial charge in [-0.05, 0) is 0 Å². The number of piperidine rings is 1. The van der Waals surface area contributed by atoms with Crippen LogP contribution >= 0.6 is 0 Å². The SMILES string of the molecule is C1CC[N-]CC1.[CH3-].[W+2]. The number of hydrogen-bond donors (Lipinski definition) is 0. The summed E-state index contributed by atoms with van der Waals surface area (Å²) in [5.41, 5.74) is 0. The van der Waals surface area contributed by atoms with Crippen molar-refractivity contribution < 1.29 is 21.1 Å². The molecule has 1 aliphatic rings. The first-order valence-corrected chi connectivity index (χ1v) is 2.63. The Bertz CT molecular complexity index is 24.0. The van der Waals surface area contributed by atoms with E-state index in [0.717, 1.165) is 13.1 Å². The average Bonchev–Trinajstić information content (AvgIpc) is 1.72. The second kappa shape index (κ2) is 7.65. The Labute approximate surface area is 66.5 Å². The van der Waals surface area contributed by atoms with Crippen molar-refractivity contribution in [2.45, 2.75) is 19.3 Å². The molecule has 0 radical (unpaired) electrons. The molecule has 8 heavy (non-hydrogen) atoms. The van der Waals surface area contributed by atoms with Crippen LogP contribution in [0.2, 0.25) is 0 Å². The molecular formula is C6H13NW. The number of hydrogen-bond acceptors (Lipinski definition) is 0. The first-order chi connectivity index (χ1) is 3.00. The molecule has 0 spiro atoms. The molecular weight excluding hydrogens is 270 g/mol. The van der Waals surface area contributed by atoms with E-state index in [-0.39, 0.29) is 28.5 Å². The summed E-state index contributed by atoms with van der Waals surface area (Å²) < 4.78 is 0. The summed E-state index contributed by atoms with van der Waals surface area (Å²) in [6, 6.07) is 0. The van der Waals surface area contributed by atoms with Crippen LogP contribution in [0.25, 0.3) is 5.32 Å². The molecule has 0 bridgehead atoms. The Morgan fingerprint density at radius 3 is 1.50 bits per heavy atom. The summed E-state index contributed by atoms with van der Waals surface area (Å²) in [5, 5.41) is 4.18. The van der Waals surface area contributed by atoms with Crippen molar-refractivity contribution >= 4 is 0 Å². The van der Waals surface area contributed by atoms with Gasteiger partial charge < -0.3 is 12.7 Å². The smallest absolute Gasteiger partial charge is 0.662 e. The number of rotatable bonds is 0. The molecule has 0 aromatic heterocycles. The molecule has 1 nitrogen and oxygen atoms in total. The van der Waals surface area contributed by atoms with Gasteiger partial charge in [0.05, 0.1) is 0 Å². The van der Waals surface area contributed by atoms with Gasteiger partial charge in [0.2, 0.25) is 0 Å². The van der Waals surface area contributed by atoms with E-state index >= 15 is 0 Å². The predicted molar refractivity (Wildman–Crippen MR) is 33.4 cm³/mol. The zero-order valence-electron chi connectivity index (χ0n) is 5.39. The van der Waals surface area contributed by atoms with Crippen LogP contribution in [0.15, 0.2) is 0 Å². The Balaban J connectivity index is 0. The average molecular weight is 283 g/mol. The van der Waals surface area contributed by atoms with Crippen LogP contribution in [-0.4, -0.2) is 13.1 Å². The van der Waals surface area contributed by atoms with Gasteiger partial charge in [0.1, 0.15) is 0 Å². The molecule has 0 N–H and O–H groups in total. The summed E-state index contributed by atoms with van der Waals surface area (Å²) in [6.07, 6.45) is 4.07. The van der Waals surface area contributed by atoms with Gasteiger partial charge in [-0.3, -0.25) is 0 Å². The van der Waals surface area contributed by atoms with E-state index in [1.165, 1.54) is 19.3 Å². The fraction of sp³-hybridized carbons (Fsp3) is 0.833. The fourth-order valence-electron chi connectivity index (χ4n) is 0.736. The van der Waals surface area contributed by atoms with Gasteiger partial charge in [0.25, 0.3) is 0 Å². The molecule has 0 saturated carbocycles. The molecule has 1 rings (SSSR count). The van der Waals surface area contributed by atoms with Crippen molar-refractivity contribution in [3.63, 3.8) is 0 Å². The monoisotopic (exact) mass is 283 g/mol. The standard InChI is InChI=1S/C5H10N.CH3.W/c1-2-4-6-5-3-1;;/h1-5H2;1H3;/q2*-1;+2. The van der Waals surface area contributed by atoms with Gasteiger partial charge in [0.15, 0.2) is 0 Å². The quantitative estimate of drug-likeness (QED) is 0.604. The van der Waals surface area contributed by atoms with Crippen molar-refractivity contribution in [1.29, 1.82) is 0 Å². The molecule has 0 aromatic carbocycles. The van der Waals surface area contributed by atoms with Crippen molar-refractivity contribution in [2.24, 2.45) is 0 Å². The van der Waals surface area contributed by atoms with Crippen molar-refractivity contribution in [3.05, 3.63) is 12.7 Å². The van der Waals surface area contributed by atoms with E-state index in [9.17, 15) is 0 Å². The maximum absolute atomic E-state index is 4.18. The molecule has 1 saturated heterocycles. The normalized spacial score (nSPS) is 18.0. The molecule has 1 fully saturated rings. The third kappa shape index (κ3) is 4.80. The molecule has 2 heteroatoms. The van der Waals surface area contributed by atoms with Gasteiger partial charge in [0, 0.05) is 0 Å². The van der Waals surface area contributed by atoms with Crippen LogP contribution < -0.4 is 0 Å². The third-order valence-electron chi connectivity index (χ3n) is 1.13. The first kappa shape index (κ1) is 11.4. The maximum atomic E-state index is 4.18. The zero-order valence-corrected chi connectivity index (χ0v) is 8.32. The van der Waals surface area contributed by atoms with E-state index in [4.69, 9.17) is 0 Å². The molecule has 0 atom stereocenters. The molecule has 0 amide bonds. The third-order valence-corrected chi connectivity index (χ3v) is 1.13. The summed E-state index contributed by atoms with van der Waals surface area (Å²) in [7, 11) is 0. The van der Waals surface area contributed by atoms with Gasteiger partial charge in [-0.2, -0.15) is 0 Å². The minimum Gasteiger partial charge on any atom is -0.662 e. The minimum atomic E-state index is 0. The largest absolute Gasteiger partial charge is 2.00 e. The van der Waals surface area contributed by atoms with Gasteiger partial charge in [-0.15, -0.1) is 13.1 Å². The van der Waals surface area contributed by atoms with E-state index in [2.05, 4.69) is 5.32 Å². The minimum absolute atomic E-state index is 0.